The molecule has 2 heteroatoms. The minimum Gasteiger partial charge on any atom is -0.406 e. The van der Waals surface area contributed by atoms with Gasteiger partial charge in [-0.1, -0.05) is 0 Å². The second-order valence-electron chi connectivity index (χ2n) is 1.85. The van der Waals surface area contributed by atoms with Crippen LogP contribution in [0.1, 0.15) is 0 Å². The molecule has 2 aromatic rings. The molecule has 2 nitrogen and oxygen atoms in total. The zero-order chi connectivity index (χ0) is 6.10. The highest BCUT2D eigenvalue weighted by molar-refractivity contribution is 5.21. The van der Waals surface area contributed by atoms with Crippen molar-refractivity contribution in [2.45, 2.75) is 0 Å². The molecule has 0 saturated heterocycles. The first kappa shape index (κ1) is 4.56. The Morgan fingerprint density at radius 2 is 2.22 bits per heavy atom. The summed E-state index contributed by atoms with van der Waals surface area (Å²) in [5.74, 6) is 0. The Hall–Kier alpha value is -1.31. The van der Waals surface area contributed by atoms with Crippen LogP contribution in [0, 0.1) is 0 Å². The highest BCUT2D eigenvalue weighted by Crippen LogP contribution is 1.92. The summed E-state index contributed by atoms with van der Waals surface area (Å²) < 4.78 is 7.00. The van der Waals surface area contributed by atoms with Gasteiger partial charge in [0.25, 0.3) is 0 Å². The Morgan fingerprint density at radius 3 is 3.11 bits per heavy atom. The molecule has 44 valence electrons. The van der Waals surface area contributed by atoms with E-state index in [0.717, 1.165) is 5.71 Å². The van der Waals surface area contributed by atoms with Gasteiger partial charge in [0.2, 0.25) is 6.20 Å². The monoisotopic (exact) mass is 120 g/mol. The van der Waals surface area contributed by atoms with Gasteiger partial charge >= 0.3 is 5.71 Å². The first-order chi connectivity index (χ1) is 4.47. The van der Waals surface area contributed by atoms with Crippen LogP contribution in [0.4, 0.5) is 0 Å². The third kappa shape index (κ3) is 0.598. The number of oxazole rings is 1. The molecule has 0 N–H and O–H groups in total. The van der Waals surface area contributed by atoms with E-state index >= 15 is 0 Å². The molecular formula is C7H6NO+. The average Bonchev–Trinajstić information content (AvgIpc) is 2.33. The summed E-state index contributed by atoms with van der Waals surface area (Å²) in [6.07, 6.45) is 5.48. The molecule has 0 aliphatic rings. The molecule has 0 aliphatic carbocycles. The van der Waals surface area contributed by atoms with Crippen molar-refractivity contribution in [1.29, 1.82) is 0 Å². The largest absolute Gasteiger partial charge is 0.406 e. The molecule has 2 heterocycles. The van der Waals surface area contributed by atoms with Crippen LogP contribution >= 0.6 is 0 Å². The van der Waals surface area contributed by atoms with Crippen LogP contribution in [0.2, 0.25) is 0 Å². The van der Waals surface area contributed by atoms with Crippen molar-refractivity contribution in [2.75, 3.05) is 0 Å². The lowest BCUT2D eigenvalue weighted by molar-refractivity contribution is -0.513. The van der Waals surface area contributed by atoms with Gasteiger partial charge in [0, 0.05) is 6.07 Å². The highest BCUT2D eigenvalue weighted by atomic mass is 16.3. The fourth-order valence-electron chi connectivity index (χ4n) is 0.829. The van der Waals surface area contributed by atoms with Crippen LogP contribution in [0.15, 0.2) is 41.3 Å². The zero-order valence-corrected chi connectivity index (χ0v) is 4.82. The Balaban J connectivity index is 2.95. The maximum Gasteiger partial charge on any atom is 0.378 e. The van der Waals surface area contributed by atoms with Gasteiger partial charge in [-0.2, -0.15) is 0 Å². The molecule has 0 fully saturated rings. The van der Waals surface area contributed by atoms with Gasteiger partial charge in [0.15, 0.2) is 12.5 Å². The van der Waals surface area contributed by atoms with Crippen LogP contribution in [-0.2, 0) is 0 Å². The fraction of sp³-hybridized carbons (Fsp3) is 0. The summed E-state index contributed by atoms with van der Waals surface area (Å²) in [6.45, 7) is 0. The van der Waals surface area contributed by atoms with Gasteiger partial charge in [-0.15, -0.1) is 4.40 Å². The van der Waals surface area contributed by atoms with Crippen molar-refractivity contribution in [3.8, 4) is 0 Å². The zero-order valence-electron chi connectivity index (χ0n) is 4.82. The van der Waals surface area contributed by atoms with Crippen molar-refractivity contribution in [1.82, 2.24) is 0 Å². The maximum absolute atomic E-state index is 5.08. The minimum atomic E-state index is 0.873. The number of nitrogens with zero attached hydrogens (tertiary/aromatic N) is 1. The fourth-order valence-corrected chi connectivity index (χ4v) is 0.829. The number of fused-ring (bicyclic) bond motifs is 1. The van der Waals surface area contributed by atoms with E-state index in [1.807, 2.05) is 35.0 Å². The summed E-state index contributed by atoms with van der Waals surface area (Å²) >= 11 is 0. The number of hydrogen-bond acceptors (Lipinski definition) is 1. The second-order valence-corrected chi connectivity index (χ2v) is 1.85. The van der Waals surface area contributed by atoms with Gasteiger partial charge in [-0.3, -0.25) is 0 Å². The Kier molecular flexibility index (Phi) is 0.803. The maximum atomic E-state index is 5.08. The van der Waals surface area contributed by atoms with E-state index in [1.54, 1.807) is 6.26 Å². The topological polar surface area (TPSA) is 17.2 Å². The van der Waals surface area contributed by atoms with Crippen molar-refractivity contribution >= 4 is 5.71 Å². The molecule has 2 rings (SSSR count). The lowest BCUT2D eigenvalue weighted by Gasteiger charge is -1.73. The Labute approximate surface area is 52.4 Å². The minimum absolute atomic E-state index is 0.873. The summed E-state index contributed by atoms with van der Waals surface area (Å²) in [5.41, 5.74) is 0.873. The molecule has 0 spiro atoms. The molecule has 0 atom stereocenters. The molecule has 0 saturated carbocycles. The lowest BCUT2D eigenvalue weighted by Crippen LogP contribution is -2.15. The molecule has 0 aromatic carbocycles. The predicted octanol–water partition coefficient (Wildman–Crippen LogP) is 1.02. The summed E-state index contributed by atoms with van der Waals surface area (Å²) in [5, 5.41) is 0. The van der Waals surface area contributed by atoms with Crippen LogP contribution < -0.4 is 4.40 Å². The molecular weight excluding hydrogens is 114 g/mol. The van der Waals surface area contributed by atoms with Gasteiger partial charge < -0.3 is 4.42 Å². The van der Waals surface area contributed by atoms with Gasteiger partial charge in [0.05, 0.1) is 6.07 Å². The van der Waals surface area contributed by atoms with Crippen LogP contribution in [0.3, 0.4) is 0 Å². The molecule has 0 aliphatic heterocycles. The van der Waals surface area contributed by atoms with E-state index in [4.69, 9.17) is 4.42 Å². The molecule has 2 aromatic heterocycles. The standard InChI is InChI=1S/C7H6NO/c1-2-4-8-5-6-9-7(8)3-1/h1-6H/q+1. The third-order valence-electron chi connectivity index (χ3n) is 1.26. The molecule has 0 bridgehead atoms. The van der Waals surface area contributed by atoms with E-state index in [1.165, 1.54) is 0 Å². The first-order valence-corrected chi connectivity index (χ1v) is 2.80. The second kappa shape index (κ2) is 1.58. The number of pyridine rings is 1. The SMILES string of the molecule is c1cc[n+]2ccoc2c1. The lowest BCUT2D eigenvalue weighted by atomic mass is 10.5. The van der Waals surface area contributed by atoms with E-state index in [9.17, 15) is 0 Å². The van der Waals surface area contributed by atoms with Gasteiger partial charge in [0.1, 0.15) is 0 Å². The van der Waals surface area contributed by atoms with Crippen LogP contribution in [0.5, 0.6) is 0 Å². The number of aromatic nitrogens is 1. The predicted molar refractivity (Wildman–Crippen MR) is 31.9 cm³/mol. The van der Waals surface area contributed by atoms with E-state index in [0.29, 0.717) is 0 Å². The molecule has 0 amide bonds. The highest BCUT2D eigenvalue weighted by Gasteiger charge is 1.98. The molecule has 0 unspecified atom stereocenters. The van der Waals surface area contributed by atoms with Crippen molar-refractivity contribution < 1.29 is 8.82 Å². The molecule has 0 radical (unpaired) electrons. The van der Waals surface area contributed by atoms with E-state index in [2.05, 4.69) is 0 Å². The average molecular weight is 120 g/mol. The summed E-state index contributed by atoms with van der Waals surface area (Å²) in [6, 6.07) is 5.82. The first-order valence-electron chi connectivity index (χ1n) is 2.80. The Bertz CT molecular complexity index is 283. The van der Waals surface area contributed by atoms with Gasteiger partial charge in [-0.05, 0) is 6.07 Å². The number of hydrogen-bond donors (Lipinski definition) is 0. The van der Waals surface area contributed by atoms with E-state index in [-0.39, 0.29) is 0 Å². The van der Waals surface area contributed by atoms with Crippen LogP contribution in [0.25, 0.3) is 5.71 Å². The van der Waals surface area contributed by atoms with Crippen molar-refractivity contribution in [2.24, 2.45) is 0 Å². The van der Waals surface area contributed by atoms with Gasteiger partial charge in [-0.25, -0.2) is 0 Å². The smallest absolute Gasteiger partial charge is 0.378 e. The van der Waals surface area contributed by atoms with Crippen molar-refractivity contribution in [3.63, 3.8) is 0 Å². The Morgan fingerprint density at radius 1 is 1.22 bits per heavy atom. The van der Waals surface area contributed by atoms with Crippen LogP contribution in [-0.4, -0.2) is 0 Å². The summed E-state index contributed by atoms with van der Waals surface area (Å²) in [7, 11) is 0. The number of rotatable bonds is 0. The quantitative estimate of drug-likeness (QED) is 0.474. The van der Waals surface area contributed by atoms with Crippen molar-refractivity contribution in [3.05, 3.63) is 36.9 Å². The van der Waals surface area contributed by atoms with E-state index < -0.39 is 0 Å². The normalized spacial score (nSPS) is 10.2. The third-order valence-corrected chi connectivity index (χ3v) is 1.26. The molecule has 9 heavy (non-hydrogen) atoms. The summed E-state index contributed by atoms with van der Waals surface area (Å²) in [4.78, 5) is 0.